The third-order valence-corrected chi connectivity index (χ3v) is 2.74. The van der Waals surface area contributed by atoms with E-state index in [1.54, 1.807) is 6.20 Å². The molecule has 0 fully saturated rings. The van der Waals surface area contributed by atoms with Gasteiger partial charge < -0.3 is 4.40 Å². The van der Waals surface area contributed by atoms with Gasteiger partial charge in [-0.15, -0.1) is 0 Å². The number of benzene rings is 1. The van der Waals surface area contributed by atoms with Crippen LogP contribution in [0.4, 0.5) is 0 Å². The minimum absolute atomic E-state index is 0.648. The summed E-state index contributed by atoms with van der Waals surface area (Å²) in [6.07, 6.45) is 5.36. The molecule has 0 aliphatic rings. The molecule has 8 heteroatoms. The summed E-state index contributed by atoms with van der Waals surface area (Å²) in [6.45, 7) is 0. The summed E-state index contributed by atoms with van der Waals surface area (Å²) in [5, 5.41) is 0. The molecule has 0 amide bonds. The molecule has 0 saturated heterocycles. The Hall–Kier alpha value is -2.29. The number of hydrogen-bond acceptors (Lipinski definition) is 5. The Kier molecular flexibility index (Phi) is 4.86. The predicted octanol–water partition coefficient (Wildman–Crippen LogP) is -0.339. The Morgan fingerprint density at radius 1 is 1.00 bits per heavy atom. The first-order chi connectivity index (χ1) is 10.3. The van der Waals surface area contributed by atoms with Crippen LogP contribution >= 0.6 is 0 Å². The van der Waals surface area contributed by atoms with E-state index in [1.165, 1.54) is 0 Å². The third kappa shape index (κ3) is 4.62. The van der Waals surface area contributed by atoms with Crippen molar-refractivity contribution in [1.82, 2.24) is 4.40 Å². The van der Waals surface area contributed by atoms with E-state index in [2.05, 4.69) is 0 Å². The van der Waals surface area contributed by atoms with E-state index in [4.69, 9.17) is 18.6 Å². The normalized spacial score (nSPS) is 11.6. The molecule has 3 aromatic rings. The number of aromatic nitrogens is 2. The molecule has 0 aliphatic heterocycles. The van der Waals surface area contributed by atoms with Crippen molar-refractivity contribution in [2.24, 2.45) is 0 Å². The minimum atomic E-state index is -4.19. The van der Waals surface area contributed by atoms with Gasteiger partial charge in [-0.3, -0.25) is 0 Å². The first-order valence-corrected chi connectivity index (χ1v) is 7.42. The SMILES string of the molecule is O=[n+]1cc2ccccn2cc1-c1ccccc1.[O-][Cl+](O)(O)O. The fourth-order valence-corrected chi connectivity index (χ4v) is 1.88. The van der Waals surface area contributed by atoms with E-state index >= 15 is 0 Å². The summed E-state index contributed by atoms with van der Waals surface area (Å²) in [4.78, 5) is 11.9. The van der Waals surface area contributed by atoms with Crippen LogP contribution in [-0.2, 0) is 0 Å². The van der Waals surface area contributed by atoms with Crippen molar-refractivity contribution in [2.45, 2.75) is 0 Å². The van der Waals surface area contributed by atoms with Crippen molar-refractivity contribution < 1.29 is 33.3 Å². The fourth-order valence-electron chi connectivity index (χ4n) is 1.88. The Balaban J connectivity index is 0.000000309. The second kappa shape index (κ2) is 6.65. The van der Waals surface area contributed by atoms with Crippen molar-refractivity contribution in [3.8, 4) is 11.3 Å². The number of rotatable bonds is 1. The van der Waals surface area contributed by atoms with Crippen molar-refractivity contribution in [3.05, 3.63) is 72.0 Å². The van der Waals surface area contributed by atoms with Gasteiger partial charge in [0.05, 0.1) is 16.2 Å². The summed E-state index contributed by atoms with van der Waals surface area (Å²) < 4.78 is 33.1. The second-order valence-electron chi connectivity index (χ2n) is 4.30. The Morgan fingerprint density at radius 3 is 2.23 bits per heavy atom. The first kappa shape index (κ1) is 16.1. The van der Waals surface area contributed by atoms with Gasteiger partial charge in [0, 0.05) is 11.1 Å². The summed E-state index contributed by atoms with van der Waals surface area (Å²) in [5.74, 6) is 0. The van der Waals surface area contributed by atoms with Crippen LogP contribution in [-0.4, -0.2) is 18.4 Å². The molecule has 0 radical (unpaired) electrons. The Morgan fingerprint density at radius 2 is 1.59 bits per heavy atom. The molecule has 0 atom stereocenters. The van der Waals surface area contributed by atoms with Gasteiger partial charge >= 0.3 is 28.9 Å². The zero-order chi connectivity index (χ0) is 16.2. The van der Waals surface area contributed by atoms with E-state index in [0.717, 1.165) is 15.5 Å². The second-order valence-corrected chi connectivity index (χ2v) is 5.17. The molecule has 2 aromatic heterocycles. The average Bonchev–Trinajstić information content (AvgIpc) is 2.46. The number of pyridine rings is 1. The van der Waals surface area contributed by atoms with Crippen LogP contribution in [0.25, 0.3) is 16.8 Å². The van der Waals surface area contributed by atoms with E-state index in [1.807, 2.05) is 65.3 Å². The molecule has 116 valence electrons. The Bertz CT molecular complexity index is 809. The van der Waals surface area contributed by atoms with Crippen LogP contribution in [0, 0.1) is 15.2 Å². The van der Waals surface area contributed by atoms with E-state index in [-0.39, 0.29) is 0 Å². The maximum absolute atomic E-state index is 11.9. The number of halogens is 1. The molecule has 1 aromatic carbocycles. The molecule has 3 rings (SSSR count). The summed E-state index contributed by atoms with van der Waals surface area (Å²) >= 11 is 0. The number of hydrogen-bond donors (Lipinski definition) is 3. The summed E-state index contributed by atoms with van der Waals surface area (Å²) in [5.41, 5.74) is 2.44. The van der Waals surface area contributed by atoms with E-state index in [9.17, 15) is 4.91 Å². The van der Waals surface area contributed by atoms with Crippen molar-refractivity contribution >= 4 is 5.52 Å². The van der Waals surface area contributed by atoms with Crippen molar-refractivity contribution in [3.63, 3.8) is 0 Å². The molecule has 3 N–H and O–H groups in total. The molecule has 0 aliphatic carbocycles. The van der Waals surface area contributed by atoms with E-state index in [0.29, 0.717) is 5.69 Å². The molecule has 2 heterocycles. The van der Waals surface area contributed by atoms with Crippen molar-refractivity contribution in [2.75, 3.05) is 0 Å². The van der Waals surface area contributed by atoms with Gasteiger partial charge in [-0.2, -0.15) is 0 Å². The standard InChI is InChI=1S/C14H11N2O.ClH3O4/c17-16-10-13-8-4-5-9-15(13)11-14(16)12-6-2-1-3-7-12;2-1(3,4)5/h1-11H;2-4H/q+1;. The zero-order valence-electron chi connectivity index (χ0n) is 11.3. The third-order valence-electron chi connectivity index (χ3n) is 2.74. The van der Waals surface area contributed by atoms with Gasteiger partial charge in [0.1, 0.15) is 5.52 Å². The molecule has 0 saturated carbocycles. The van der Waals surface area contributed by atoms with Crippen molar-refractivity contribution in [1.29, 1.82) is 0 Å². The van der Waals surface area contributed by atoms with E-state index < -0.39 is 10.2 Å². The van der Waals surface area contributed by atoms with Gasteiger partial charge in [0.2, 0.25) is 0 Å². The Labute approximate surface area is 127 Å². The van der Waals surface area contributed by atoms with Gasteiger partial charge in [-0.25, -0.2) is 0 Å². The van der Waals surface area contributed by atoms with Crippen LogP contribution in [0.5, 0.6) is 0 Å². The molecule has 0 unspecified atom stereocenters. The van der Waals surface area contributed by atoms with Gasteiger partial charge in [0.25, 0.3) is 11.9 Å². The monoisotopic (exact) mass is 325 g/mol. The van der Waals surface area contributed by atoms with Gasteiger partial charge in [0.15, 0.2) is 0 Å². The summed E-state index contributed by atoms with van der Waals surface area (Å²) in [7, 11) is -4.19. The van der Waals surface area contributed by atoms with Crippen LogP contribution in [0.3, 0.4) is 0 Å². The predicted molar refractivity (Wildman–Crippen MR) is 72.9 cm³/mol. The van der Waals surface area contributed by atoms with Gasteiger partial charge in [-0.1, -0.05) is 24.3 Å². The average molecular weight is 326 g/mol. The fraction of sp³-hybridized carbons (Fsp3) is 0. The van der Waals surface area contributed by atoms with Gasteiger partial charge in [-0.05, 0) is 24.3 Å². The number of fused-ring (bicyclic) bond motifs is 1. The quantitative estimate of drug-likeness (QED) is 0.530. The summed E-state index contributed by atoms with van der Waals surface area (Å²) in [6, 6.07) is 15.4. The molecule has 0 spiro atoms. The molecular formula is C14H14ClN2O5+. The molecule has 22 heavy (non-hydrogen) atoms. The van der Waals surface area contributed by atoms with Crippen LogP contribution in [0.1, 0.15) is 0 Å². The van der Waals surface area contributed by atoms with Crippen LogP contribution in [0.15, 0.2) is 67.1 Å². The molecular weight excluding hydrogens is 312 g/mol. The van der Waals surface area contributed by atoms with Crippen LogP contribution in [0.2, 0.25) is 0 Å². The zero-order valence-corrected chi connectivity index (χ0v) is 12.0. The first-order valence-electron chi connectivity index (χ1n) is 6.09. The van der Waals surface area contributed by atoms with Crippen LogP contribution < -0.4 is 9.09 Å². The molecule has 7 nitrogen and oxygen atoms in total. The number of nitrogens with zero attached hydrogens (tertiary/aromatic N) is 2. The molecule has 0 bridgehead atoms. The maximum atomic E-state index is 11.9. The topological polar surface area (TPSA) is 111 Å².